The highest BCUT2D eigenvalue weighted by atomic mass is 79.9. The summed E-state index contributed by atoms with van der Waals surface area (Å²) in [5.41, 5.74) is 0.896. The maximum atomic E-state index is 13.9. The molecule has 1 heterocycles. The monoisotopic (exact) mass is 370 g/mol. The van der Waals surface area contributed by atoms with Crippen LogP contribution < -0.4 is 0 Å². The third-order valence-corrected chi connectivity index (χ3v) is 4.37. The third-order valence-electron chi connectivity index (χ3n) is 3.73. The number of rotatable bonds is 7. The average Bonchev–Trinajstić information content (AvgIpc) is 2.93. The minimum absolute atomic E-state index is 0.0158. The second-order valence-corrected chi connectivity index (χ2v) is 5.90. The van der Waals surface area contributed by atoms with Gasteiger partial charge in [0.15, 0.2) is 6.29 Å². The van der Waals surface area contributed by atoms with E-state index in [1.807, 2.05) is 23.8 Å². The third kappa shape index (κ3) is 3.94. The van der Waals surface area contributed by atoms with Crippen molar-refractivity contribution in [3.63, 3.8) is 0 Å². The lowest BCUT2D eigenvalue weighted by Crippen LogP contribution is -2.18. The summed E-state index contributed by atoms with van der Waals surface area (Å²) in [4.78, 5) is 4.27. The van der Waals surface area contributed by atoms with Gasteiger partial charge in [-0.2, -0.15) is 0 Å². The number of benzene rings is 1. The predicted molar refractivity (Wildman–Crippen MR) is 86.2 cm³/mol. The number of halogens is 2. The number of imidazole rings is 1. The smallest absolute Gasteiger partial charge is 0.156 e. The quantitative estimate of drug-likeness (QED) is 0.688. The molecular formula is C16H20BrFN2O2. The molecule has 0 spiro atoms. The molecule has 0 N–H and O–H groups in total. The van der Waals surface area contributed by atoms with Crippen molar-refractivity contribution in [1.82, 2.24) is 9.55 Å². The Labute approximate surface area is 138 Å². The van der Waals surface area contributed by atoms with Crippen molar-refractivity contribution in [3.8, 4) is 0 Å². The van der Waals surface area contributed by atoms with Crippen LogP contribution in [0.2, 0.25) is 0 Å². The van der Waals surface area contributed by atoms with Crippen LogP contribution in [0.1, 0.15) is 30.3 Å². The van der Waals surface area contributed by atoms with Crippen LogP contribution in [-0.2, 0) is 9.47 Å². The van der Waals surface area contributed by atoms with Gasteiger partial charge in [0.2, 0.25) is 0 Å². The number of nitrogens with zero attached hydrogens (tertiary/aromatic N) is 2. The van der Waals surface area contributed by atoms with E-state index in [-0.39, 0.29) is 18.1 Å². The fourth-order valence-electron chi connectivity index (χ4n) is 2.53. The van der Waals surface area contributed by atoms with Crippen LogP contribution in [0.3, 0.4) is 0 Å². The van der Waals surface area contributed by atoms with Crippen molar-refractivity contribution in [2.45, 2.75) is 32.1 Å². The summed E-state index contributed by atoms with van der Waals surface area (Å²) < 4.78 is 26.9. The number of hydrogen-bond donors (Lipinski definition) is 0. The maximum Gasteiger partial charge on any atom is 0.156 e. The molecule has 2 rings (SSSR count). The highest BCUT2D eigenvalue weighted by Crippen LogP contribution is 2.28. The van der Waals surface area contributed by atoms with Gasteiger partial charge in [-0.1, -0.05) is 6.07 Å². The molecule has 0 aliphatic heterocycles. The molecule has 1 atom stereocenters. The summed E-state index contributed by atoms with van der Waals surface area (Å²) in [5.74, 6) is 0.620. The Morgan fingerprint density at radius 3 is 2.55 bits per heavy atom. The highest BCUT2D eigenvalue weighted by Gasteiger charge is 2.19. The van der Waals surface area contributed by atoms with Gasteiger partial charge in [0, 0.05) is 33.0 Å². The summed E-state index contributed by atoms with van der Waals surface area (Å²) >= 11 is 3.19. The standard InChI is InChI=1S/C16H20BrFN2O2/c1-11-19-8-9-20(11)15(6-7-16(21-2)22-3)12-4-5-13(17)14(18)10-12/h4-5,8-10,15-16H,6-7H2,1-3H3. The lowest BCUT2D eigenvalue weighted by Gasteiger charge is -2.23. The van der Waals surface area contributed by atoms with Crippen LogP contribution in [0, 0.1) is 12.7 Å². The van der Waals surface area contributed by atoms with Gasteiger partial charge in [0.05, 0.1) is 10.5 Å². The topological polar surface area (TPSA) is 36.3 Å². The van der Waals surface area contributed by atoms with E-state index in [0.29, 0.717) is 10.9 Å². The molecule has 22 heavy (non-hydrogen) atoms. The molecule has 1 aromatic heterocycles. The molecular weight excluding hydrogens is 351 g/mol. The van der Waals surface area contributed by atoms with Gasteiger partial charge >= 0.3 is 0 Å². The largest absolute Gasteiger partial charge is 0.356 e. The van der Waals surface area contributed by atoms with E-state index in [9.17, 15) is 4.39 Å². The molecule has 0 saturated carbocycles. The molecule has 1 unspecified atom stereocenters. The Morgan fingerprint density at radius 1 is 1.27 bits per heavy atom. The summed E-state index contributed by atoms with van der Waals surface area (Å²) in [6.07, 6.45) is 4.85. The van der Waals surface area contributed by atoms with Gasteiger partial charge in [0.1, 0.15) is 11.6 Å². The minimum Gasteiger partial charge on any atom is -0.356 e. The van der Waals surface area contributed by atoms with Gasteiger partial charge in [-0.25, -0.2) is 9.37 Å². The fourth-order valence-corrected chi connectivity index (χ4v) is 2.78. The van der Waals surface area contributed by atoms with E-state index in [0.717, 1.165) is 17.8 Å². The van der Waals surface area contributed by atoms with E-state index in [1.54, 1.807) is 32.5 Å². The molecule has 120 valence electrons. The van der Waals surface area contributed by atoms with Crippen molar-refractivity contribution >= 4 is 15.9 Å². The Morgan fingerprint density at radius 2 is 2.00 bits per heavy atom. The molecule has 2 aromatic rings. The molecule has 4 nitrogen and oxygen atoms in total. The van der Waals surface area contributed by atoms with Crippen molar-refractivity contribution in [3.05, 3.63) is 52.3 Å². The van der Waals surface area contributed by atoms with Crippen molar-refractivity contribution in [2.24, 2.45) is 0 Å². The lowest BCUT2D eigenvalue weighted by atomic mass is 10.0. The van der Waals surface area contributed by atoms with Crippen LogP contribution in [-0.4, -0.2) is 30.1 Å². The Kier molecular flexibility index (Phi) is 6.11. The Balaban J connectivity index is 2.29. The number of methoxy groups -OCH3 is 2. The zero-order chi connectivity index (χ0) is 16.1. The predicted octanol–water partition coefficient (Wildman–Crippen LogP) is 4.08. The first kappa shape index (κ1) is 17.1. The second-order valence-electron chi connectivity index (χ2n) is 5.05. The van der Waals surface area contributed by atoms with E-state index >= 15 is 0 Å². The number of hydrogen-bond acceptors (Lipinski definition) is 3. The molecule has 0 bridgehead atoms. The Bertz CT molecular complexity index is 614. The highest BCUT2D eigenvalue weighted by molar-refractivity contribution is 9.10. The van der Waals surface area contributed by atoms with Crippen LogP contribution in [0.15, 0.2) is 35.1 Å². The van der Waals surface area contributed by atoms with Crippen molar-refractivity contribution in [2.75, 3.05) is 14.2 Å². The molecule has 0 aliphatic rings. The summed E-state index contributed by atoms with van der Waals surface area (Å²) in [6.45, 7) is 1.94. The number of ether oxygens (including phenoxy) is 2. The average molecular weight is 371 g/mol. The SMILES string of the molecule is COC(CCC(c1ccc(Br)c(F)c1)n1ccnc1C)OC. The van der Waals surface area contributed by atoms with Crippen LogP contribution in [0.5, 0.6) is 0 Å². The van der Waals surface area contributed by atoms with E-state index in [4.69, 9.17) is 9.47 Å². The zero-order valence-corrected chi connectivity index (χ0v) is 14.5. The number of aromatic nitrogens is 2. The zero-order valence-electron chi connectivity index (χ0n) is 12.9. The van der Waals surface area contributed by atoms with Gasteiger partial charge in [0.25, 0.3) is 0 Å². The minimum atomic E-state index is -0.272. The molecule has 0 radical (unpaired) electrons. The first-order valence-corrected chi connectivity index (χ1v) is 7.86. The van der Waals surface area contributed by atoms with Crippen molar-refractivity contribution < 1.29 is 13.9 Å². The van der Waals surface area contributed by atoms with Crippen LogP contribution >= 0.6 is 15.9 Å². The van der Waals surface area contributed by atoms with Gasteiger partial charge in [-0.15, -0.1) is 0 Å². The molecule has 0 fully saturated rings. The molecule has 0 aliphatic carbocycles. The summed E-state index contributed by atoms with van der Waals surface area (Å²) in [5, 5.41) is 0. The fraction of sp³-hybridized carbons (Fsp3) is 0.438. The molecule has 1 aromatic carbocycles. The maximum absolute atomic E-state index is 13.9. The van der Waals surface area contributed by atoms with E-state index < -0.39 is 0 Å². The van der Waals surface area contributed by atoms with Gasteiger partial charge in [-0.3, -0.25) is 0 Å². The number of aryl methyl sites for hydroxylation is 1. The second kappa shape index (κ2) is 7.85. The van der Waals surface area contributed by atoms with Gasteiger partial charge < -0.3 is 14.0 Å². The molecule has 0 amide bonds. The van der Waals surface area contributed by atoms with Crippen LogP contribution in [0.25, 0.3) is 0 Å². The summed E-state index contributed by atoms with van der Waals surface area (Å²) in [6, 6.07) is 5.20. The Hall–Kier alpha value is -1.24. The first-order chi connectivity index (χ1) is 10.6. The van der Waals surface area contributed by atoms with E-state index in [2.05, 4.69) is 20.9 Å². The molecule has 6 heteroatoms. The van der Waals surface area contributed by atoms with E-state index in [1.165, 1.54) is 0 Å². The molecule has 0 saturated heterocycles. The first-order valence-electron chi connectivity index (χ1n) is 7.06. The van der Waals surface area contributed by atoms with Crippen LogP contribution in [0.4, 0.5) is 4.39 Å². The lowest BCUT2D eigenvalue weighted by molar-refractivity contribution is -0.108. The van der Waals surface area contributed by atoms with Gasteiger partial charge in [-0.05, 0) is 47.0 Å². The summed E-state index contributed by atoms with van der Waals surface area (Å²) in [7, 11) is 3.23. The normalized spacial score (nSPS) is 12.8. The van der Waals surface area contributed by atoms with Crippen molar-refractivity contribution in [1.29, 1.82) is 0 Å².